The first kappa shape index (κ1) is 19.5. The smallest absolute Gasteiger partial charge is 0.308 e. The van der Waals surface area contributed by atoms with Crippen LogP contribution in [0.4, 0.5) is 0 Å². The van der Waals surface area contributed by atoms with E-state index in [4.69, 9.17) is 9.52 Å². The van der Waals surface area contributed by atoms with Gasteiger partial charge < -0.3 is 24.6 Å². The number of rotatable bonds is 6. The van der Waals surface area contributed by atoms with Gasteiger partial charge in [-0.15, -0.1) is 0 Å². The normalized spacial score (nSPS) is 18.1. The van der Waals surface area contributed by atoms with Crippen LogP contribution in [0.1, 0.15) is 30.1 Å². The molecule has 1 aliphatic heterocycles. The zero-order valence-electron chi connectivity index (χ0n) is 14.8. The summed E-state index contributed by atoms with van der Waals surface area (Å²) in [5, 5.41) is 11.6. The SMILES string of the molecule is CC(NC(=O)c1ccoc1)C(=O)N(C)CC(=O)N1CCCC(C(=O)O)C1. The van der Waals surface area contributed by atoms with Crippen molar-refractivity contribution in [1.29, 1.82) is 0 Å². The average molecular weight is 365 g/mol. The summed E-state index contributed by atoms with van der Waals surface area (Å²) in [5.74, 6) is -2.65. The Balaban J connectivity index is 1.86. The van der Waals surface area contributed by atoms with Gasteiger partial charge in [-0.3, -0.25) is 19.2 Å². The predicted molar refractivity (Wildman–Crippen MR) is 90.2 cm³/mol. The third-order valence-corrected chi connectivity index (χ3v) is 4.37. The van der Waals surface area contributed by atoms with Crippen LogP contribution in [0.15, 0.2) is 23.0 Å². The molecule has 2 heterocycles. The lowest BCUT2D eigenvalue weighted by atomic mass is 9.98. The van der Waals surface area contributed by atoms with Crippen molar-refractivity contribution in [3.63, 3.8) is 0 Å². The fourth-order valence-electron chi connectivity index (χ4n) is 2.85. The number of carboxylic acid groups (broad SMARTS) is 1. The van der Waals surface area contributed by atoms with E-state index in [2.05, 4.69) is 5.32 Å². The maximum atomic E-state index is 12.4. The number of nitrogens with zero attached hydrogens (tertiary/aromatic N) is 2. The van der Waals surface area contributed by atoms with Crippen LogP contribution < -0.4 is 5.32 Å². The van der Waals surface area contributed by atoms with Crippen molar-refractivity contribution < 1.29 is 28.7 Å². The lowest BCUT2D eigenvalue weighted by molar-refractivity contribution is -0.147. The number of amides is 3. The second-order valence-corrected chi connectivity index (χ2v) is 6.42. The van der Waals surface area contributed by atoms with Crippen LogP contribution in [-0.4, -0.2) is 71.3 Å². The van der Waals surface area contributed by atoms with Gasteiger partial charge in [0, 0.05) is 20.1 Å². The highest BCUT2D eigenvalue weighted by atomic mass is 16.4. The minimum absolute atomic E-state index is 0.156. The molecule has 142 valence electrons. The van der Waals surface area contributed by atoms with E-state index < -0.39 is 29.7 Å². The molecule has 1 aromatic heterocycles. The first-order valence-electron chi connectivity index (χ1n) is 8.38. The van der Waals surface area contributed by atoms with Crippen molar-refractivity contribution in [3.05, 3.63) is 24.2 Å². The average Bonchev–Trinajstić information content (AvgIpc) is 3.15. The largest absolute Gasteiger partial charge is 0.481 e. The minimum atomic E-state index is -0.914. The summed E-state index contributed by atoms with van der Waals surface area (Å²) in [7, 11) is 1.47. The molecule has 0 radical (unpaired) electrons. The molecule has 26 heavy (non-hydrogen) atoms. The molecule has 1 saturated heterocycles. The van der Waals surface area contributed by atoms with Gasteiger partial charge in [-0.1, -0.05) is 0 Å². The van der Waals surface area contributed by atoms with E-state index in [1.165, 1.54) is 42.4 Å². The molecule has 2 atom stereocenters. The summed E-state index contributed by atoms with van der Waals surface area (Å²) in [6.07, 6.45) is 3.80. The Bertz CT molecular complexity index is 672. The van der Waals surface area contributed by atoms with Crippen LogP contribution in [0.2, 0.25) is 0 Å². The number of furan rings is 1. The van der Waals surface area contributed by atoms with E-state index in [9.17, 15) is 19.2 Å². The maximum absolute atomic E-state index is 12.4. The van der Waals surface area contributed by atoms with Gasteiger partial charge in [0.05, 0.1) is 24.3 Å². The third-order valence-electron chi connectivity index (χ3n) is 4.37. The summed E-state index contributed by atoms with van der Waals surface area (Å²) < 4.78 is 4.82. The molecular weight excluding hydrogens is 342 g/mol. The zero-order chi connectivity index (χ0) is 19.3. The van der Waals surface area contributed by atoms with Gasteiger partial charge in [0.15, 0.2) is 0 Å². The second-order valence-electron chi connectivity index (χ2n) is 6.42. The van der Waals surface area contributed by atoms with Crippen LogP contribution in [-0.2, 0) is 14.4 Å². The molecule has 2 N–H and O–H groups in total. The number of likely N-dealkylation sites (tertiary alicyclic amines) is 1. The van der Waals surface area contributed by atoms with Crippen molar-refractivity contribution in [2.24, 2.45) is 5.92 Å². The van der Waals surface area contributed by atoms with Gasteiger partial charge in [-0.25, -0.2) is 0 Å². The first-order valence-corrected chi connectivity index (χ1v) is 8.38. The Morgan fingerprint density at radius 2 is 2.15 bits per heavy atom. The molecule has 9 nitrogen and oxygen atoms in total. The molecule has 1 aromatic rings. The van der Waals surface area contributed by atoms with E-state index in [1.54, 1.807) is 0 Å². The highest BCUT2D eigenvalue weighted by molar-refractivity contribution is 5.97. The first-order chi connectivity index (χ1) is 12.3. The van der Waals surface area contributed by atoms with Crippen molar-refractivity contribution in [2.45, 2.75) is 25.8 Å². The predicted octanol–water partition coefficient (Wildman–Crippen LogP) is 0.180. The number of piperidine rings is 1. The lowest BCUT2D eigenvalue weighted by Crippen LogP contribution is -2.50. The van der Waals surface area contributed by atoms with Gasteiger partial charge >= 0.3 is 5.97 Å². The monoisotopic (exact) mass is 365 g/mol. The molecule has 1 aliphatic rings. The number of nitrogens with one attached hydrogen (secondary N) is 1. The zero-order valence-corrected chi connectivity index (χ0v) is 14.8. The molecular formula is C17H23N3O6. The molecule has 2 rings (SSSR count). The Hall–Kier alpha value is -2.84. The van der Waals surface area contributed by atoms with E-state index in [-0.39, 0.29) is 19.0 Å². The number of carboxylic acids is 1. The molecule has 0 bridgehead atoms. The molecule has 2 unspecified atom stereocenters. The van der Waals surface area contributed by atoms with E-state index in [0.717, 1.165) is 0 Å². The number of carbonyl (C=O) groups excluding carboxylic acids is 3. The van der Waals surface area contributed by atoms with Crippen molar-refractivity contribution >= 4 is 23.7 Å². The fraction of sp³-hybridized carbons (Fsp3) is 0.529. The molecule has 1 fully saturated rings. The molecule has 0 saturated carbocycles. The summed E-state index contributed by atoms with van der Waals surface area (Å²) in [4.78, 5) is 50.4. The topological polar surface area (TPSA) is 120 Å². The van der Waals surface area contributed by atoms with Crippen LogP contribution in [0.5, 0.6) is 0 Å². The van der Waals surface area contributed by atoms with Gasteiger partial charge in [0.1, 0.15) is 12.3 Å². The summed E-state index contributed by atoms with van der Waals surface area (Å²) in [6.45, 7) is 2.00. The van der Waals surface area contributed by atoms with Crippen LogP contribution in [0.25, 0.3) is 0 Å². The quantitative estimate of drug-likeness (QED) is 0.742. The second kappa shape index (κ2) is 8.50. The Morgan fingerprint density at radius 1 is 1.42 bits per heavy atom. The molecule has 9 heteroatoms. The Kier molecular flexibility index (Phi) is 6.37. The number of carbonyl (C=O) groups is 4. The lowest BCUT2D eigenvalue weighted by Gasteiger charge is -2.32. The van der Waals surface area contributed by atoms with Crippen LogP contribution >= 0.6 is 0 Å². The van der Waals surface area contributed by atoms with E-state index >= 15 is 0 Å². The van der Waals surface area contributed by atoms with Crippen molar-refractivity contribution in [1.82, 2.24) is 15.1 Å². The van der Waals surface area contributed by atoms with Gasteiger partial charge in [0.2, 0.25) is 11.8 Å². The Morgan fingerprint density at radius 3 is 2.77 bits per heavy atom. The highest BCUT2D eigenvalue weighted by Gasteiger charge is 2.29. The molecule has 0 spiro atoms. The fourth-order valence-corrected chi connectivity index (χ4v) is 2.85. The van der Waals surface area contributed by atoms with Crippen LogP contribution in [0, 0.1) is 5.92 Å². The number of likely N-dealkylation sites (N-methyl/N-ethyl adjacent to an activating group) is 1. The summed E-state index contributed by atoms with van der Waals surface area (Å²) in [5.41, 5.74) is 0.302. The molecule has 0 aromatic carbocycles. The van der Waals surface area contributed by atoms with Gasteiger partial charge in [-0.2, -0.15) is 0 Å². The van der Waals surface area contributed by atoms with Crippen molar-refractivity contribution in [2.75, 3.05) is 26.7 Å². The Labute approximate surface area is 150 Å². The third kappa shape index (κ3) is 4.84. The summed E-state index contributed by atoms with van der Waals surface area (Å²) in [6, 6.07) is 0.665. The summed E-state index contributed by atoms with van der Waals surface area (Å²) >= 11 is 0. The molecule has 3 amide bonds. The molecule has 0 aliphatic carbocycles. The van der Waals surface area contributed by atoms with Gasteiger partial charge in [0.25, 0.3) is 5.91 Å². The number of aliphatic carboxylic acids is 1. The highest BCUT2D eigenvalue weighted by Crippen LogP contribution is 2.16. The standard InChI is InChI=1S/C17H23N3O6/c1-11(18-15(22)13-5-7-26-10-13)16(23)19(2)9-14(21)20-6-3-4-12(8-20)17(24)25/h5,7,10-12H,3-4,6,8-9H2,1-2H3,(H,18,22)(H,24,25). The van der Waals surface area contributed by atoms with E-state index in [1.807, 2.05) is 0 Å². The van der Waals surface area contributed by atoms with E-state index in [0.29, 0.717) is 24.9 Å². The number of hydrogen-bond acceptors (Lipinski definition) is 5. The van der Waals surface area contributed by atoms with Gasteiger partial charge in [-0.05, 0) is 25.8 Å². The maximum Gasteiger partial charge on any atom is 0.308 e. The van der Waals surface area contributed by atoms with Crippen LogP contribution in [0.3, 0.4) is 0 Å². The van der Waals surface area contributed by atoms with Crippen molar-refractivity contribution in [3.8, 4) is 0 Å². The minimum Gasteiger partial charge on any atom is -0.481 e. The number of hydrogen-bond donors (Lipinski definition) is 2.